The Hall–Kier alpha value is -1.09. The minimum atomic E-state index is -0.530. The average Bonchev–Trinajstić information content (AvgIpc) is 2.57. The number of aromatic nitrogens is 1. The van der Waals surface area contributed by atoms with E-state index in [-0.39, 0.29) is 24.0 Å². The Kier molecular flexibility index (Phi) is 7.30. The van der Waals surface area contributed by atoms with Crippen molar-refractivity contribution in [2.45, 2.75) is 50.7 Å². The molecule has 0 unspecified atom stereocenters. The topological polar surface area (TPSA) is 72.8 Å². The minimum Gasteiger partial charge on any atom is -0.388 e. The van der Waals surface area contributed by atoms with Gasteiger partial charge in [-0.3, -0.25) is 4.99 Å². The number of guanidine groups is 1. The van der Waals surface area contributed by atoms with Gasteiger partial charge in [-0.05, 0) is 51.2 Å². The number of rotatable bonds is 4. The van der Waals surface area contributed by atoms with Crippen molar-refractivity contribution in [2.75, 3.05) is 31.6 Å². The van der Waals surface area contributed by atoms with Crippen molar-refractivity contribution in [1.29, 1.82) is 0 Å². The molecule has 1 aromatic rings. The summed E-state index contributed by atoms with van der Waals surface area (Å²) in [5, 5.41) is 16.9. The molecule has 2 heterocycles. The third-order valence-corrected chi connectivity index (χ3v) is 5.13. The highest BCUT2D eigenvalue weighted by Gasteiger charge is 2.34. The van der Waals surface area contributed by atoms with Crippen LogP contribution in [0.2, 0.25) is 0 Å². The number of pyridine rings is 1. The van der Waals surface area contributed by atoms with E-state index in [1.165, 1.54) is 0 Å². The fourth-order valence-corrected chi connectivity index (χ4v) is 3.36. The second-order valence-electron chi connectivity index (χ2n) is 7.05. The van der Waals surface area contributed by atoms with E-state index < -0.39 is 5.60 Å². The molecule has 1 aliphatic carbocycles. The van der Waals surface area contributed by atoms with E-state index in [2.05, 4.69) is 37.6 Å². The smallest absolute Gasteiger partial charge is 0.191 e. The lowest BCUT2D eigenvalue weighted by Gasteiger charge is -2.38. The molecule has 0 atom stereocenters. The second-order valence-corrected chi connectivity index (χ2v) is 7.05. The summed E-state index contributed by atoms with van der Waals surface area (Å²) in [4.78, 5) is 11.2. The molecule has 0 bridgehead atoms. The van der Waals surface area contributed by atoms with E-state index in [1.807, 2.05) is 13.0 Å². The molecule has 140 valence electrons. The molecular weight excluding hydrogens is 429 g/mol. The maximum absolute atomic E-state index is 10.2. The van der Waals surface area contributed by atoms with Crippen molar-refractivity contribution in [3.63, 3.8) is 0 Å². The largest absolute Gasteiger partial charge is 0.388 e. The number of aryl methyl sites for hydroxylation is 1. The molecule has 2 aliphatic rings. The highest BCUT2D eigenvalue weighted by molar-refractivity contribution is 14.0. The number of hydrogen-bond acceptors (Lipinski definition) is 4. The molecule has 0 aromatic carbocycles. The summed E-state index contributed by atoms with van der Waals surface area (Å²) in [5.41, 5.74) is 0.531. The summed E-state index contributed by atoms with van der Waals surface area (Å²) in [6, 6.07) is 6.59. The van der Waals surface area contributed by atoms with Crippen LogP contribution in [-0.2, 0) is 0 Å². The zero-order valence-corrected chi connectivity index (χ0v) is 17.5. The van der Waals surface area contributed by atoms with Gasteiger partial charge in [-0.2, -0.15) is 0 Å². The molecule has 3 rings (SSSR count). The number of nitrogens with one attached hydrogen (secondary N) is 2. The van der Waals surface area contributed by atoms with Crippen LogP contribution in [0, 0.1) is 6.92 Å². The van der Waals surface area contributed by atoms with Gasteiger partial charge < -0.3 is 20.6 Å². The first-order chi connectivity index (χ1) is 11.6. The number of nitrogens with zero attached hydrogens (tertiary/aromatic N) is 3. The van der Waals surface area contributed by atoms with Gasteiger partial charge in [0.25, 0.3) is 0 Å². The summed E-state index contributed by atoms with van der Waals surface area (Å²) in [7, 11) is 1.78. The molecule has 1 saturated heterocycles. The Bertz CT molecular complexity index is 583. The van der Waals surface area contributed by atoms with Gasteiger partial charge in [0.15, 0.2) is 5.96 Å². The average molecular weight is 459 g/mol. The van der Waals surface area contributed by atoms with Crippen LogP contribution >= 0.6 is 24.0 Å². The summed E-state index contributed by atoms with van der Waals surface area (Å²) in [6.07, 6.45) is 5.01. The Balaban J connectivity index is 0.00000225. The Morgan fingerprint density at radius 2 is 2.08 bits per heavy atom. The second kappa shape index (κ2) is 9.02. The first kappa shape index (κ1) is 20.2. The fourth-order valence-electron chi connectivity index (χ4n) is 3.36. The van der Waals surface area contributed by atoms with Gasteiger partial charge in [0.1, 0.15) is 5.82 Å². The third-order valence-electron chi connectivity index (χ3n) is 5.13. The molecule has 1 aliphatic heterocycles. The van der Waals surface area contributed by atoms with Crippen molar-refractivity contribution in [3.8, 4) is 0 Å². The first-order valence-corrected chi connectivity index (χ1v) is 8.96. The monoisotopic (exact) mass is 459 g/mol. The van der Waals surface area contributed by atoms with Gasteiger partial charge in [-0.1, -0.05) is 6.07 Å². The molecule has 1 aromatic heterocycles. The summed E-state index contributed by atoms with van der Waals surface area (Å²) in [6.45, 7) is 4.60. The molecular formula is C18H30IN5O. The lowest BCUT2D eigenvalue weighted by molar-refractivity contribution is -0.0279. The normalized spacial score (nSPS) is 20.4. The number of hydrogen-bond donors (Lipinski definition) is 3. The lowest BCUT2D eigenvalue weighted by atomic mass is 9.80. The van der Waals surface area contributed by atoms with Crippen LogP contribution in [-0.4, -0.2) is 54.4 Å². The van der Waals surface area contributed by atoms with Crippen LogP contribution in [0.4, 0.5) is 5.82 Å². The number of piperidine rings is 1. The van der Waals surface area contributed by atoms with E-state index in [0.717, 1.165) is 62.7 Å². The standard InChI is InChI=1S/C18H29N5O.HI/c1-14-5-3-6-16(21-14)23-11-7-15(8-12-23)22-17(19-2)20-13-18(24)9-4-10-18;/h3,5-6,15,24H,4,7-13H2,1-2H3,(H2,19,20,22);1H. The van der Waals surface area contributed by atoms with E-state index in [1.54, 1.807) is 7.05 Å². The predicted octanol–water partition coefficient (Wildman–Crippen LogP) is 2.06. The van der Waals surface area contributed by atoms with Crippen molar-refractivity contribution in [1.82, 2.24) is 15.6 Å². The van der Waals surface area contributed by atoms with Crippen LogP contribution in [0.1, 0.15) is 37.8 Å². The molecule has 25 heavy (non-hydrogen) atoms. The van der Waals surface area contributed by atoms with Crippen LogP contribution in [0.5, 0.6) is 0 Å². The Labute approximate surface area is 167 Å². The maximum Gasteiger partial charge on any atom is 0.191 e. The number of aliphatic imine (C=N–C) groups is 1. The Morgan fingerprint density at radius 3 is 2.64 bits per heavy atom. The molecule has 0 amide bonds. The molecule has 6 nitrogen and oxygen atoms in total. The molecule has 0 radical (unpaired) electrons. The van der Waals surface area contributed by atoms with Crippen LogP contribution in [0.15, 0.2) is 23.2 Å². The quantitative estimate of drug-likeness (QED) is 0.365. The van der Waals surface area contributed by atoms with Crippen molar-refractivity contribution < 1.29 is 5.11 Å². The third kappa shape index (κ3) is 5.44. The number of halogens is 1. The van der Waals surface area contributed by atoms with Gasteiger partial charge in [0, 0.05) is 38.4 Å². The molecule has 1 saturated carbocycles. The molecule has 7 heteroatoms. The molecule has 0 spiro atoms. The van der Waals surface area contributed by atoms with E-state index in [0.29, 0.717) is 12.6 Å². The van der Waals surface area contributed by atoms with Gasteiger partial charge in [0.2, 0.25) is 0 Å². The maximum atomic E-state index is 10.2. The fraction of sp³-hybridized carbons (Fsp3) is 0.667. The highest BCUT2D eigenvalue weighted by Crippen LogP contribution is 2.30. The molecule has 3 N–H and O–H groups in total. The van der Waals surface area contributed by atoms with E-state index in [4.69, 9.17) is 0 Å². The van der Waals surface area contributed by atoms with Gasteiger partial charge in [-0.25, -0.2) is 4.98 Å². The van der Waals surface area contributed by atoms with Crippen LogP contribution < -0.4 is 15.5 Å². The van der Waals surface area contributed by atoms with Gasteiger partial charge in [0.05, 0.1) is 5.60 Å². The van der Waals surface area contributed by atoms with Crippen LogP contribution in [0.25, 0.3) is 0 Å². The van der Waals surface area contributed by atoms with Crippen LogP contribution in [0.3, 0.4) is 0 Å². The zero-order valence-electron chi connectivity index (χ0n) is 15.2. The summed E-state index contributed by atoms with van der Waals surface area (Å²) in [5.74, 6) is 1.87. The SMILES string of the molecule is CN=C(NCC1(O)CCC1)NC1CCN(c2cccc(C)n2)CC1.I. The molecule has 2 fully saturated rings. The number of anilines is 1. The summed E-state index contributed by atoms with van der Waals surface area (Å²) < 4.78 is 0. The number of aliphatic hydroxyl groups is 1. The van der Waals surface area contributed by atoms with Gasteiger partial charge >= 0.3 is 0 Å². The zero-order chi connectivity index (χ0) is 17.0. The summed E-state index contributed by atoms with van der Waals surface area (Å²) >= 11 is 0. The minimum absolute atomic E-state index is 0. The van der Waals surface area contributed by atoms with Crippen molar-refractivity contribution >= 4 is 35.8 Å². The predicted molar refractivity (Wildman–Crippen MR) is 113 cm³/mol. The van der Waals surface area contributed by atoms with Crippen molar-refractivity contribution in [2.24, 2.45) is 4.99 Å². The lowest BCUT2D eigenvalue weighted by Crippen LogP contribution is -2.53. The van der Waals surface area contributed by atoms with E-state index >= 15 is 0 Å². The van der Waals surface area contributed by atoms with Crippen molar-refractivity contribution in [3.05, 3.63) is 23.9 Å². The Morgan fingerprint density at radius 1 is 1.36 bits per heavy atom. The highest BCUT2D eigenvalue weighted by atomic mass is 127. The first-order valence-electron chi connectivity index (χ1n) is 8.96. The van der Waals surface area contributed by atoms with Gasteiger partial charge in [-0.15, -0.1) is 24.0 Å². The van der Waals surface area contributed by atoms with E-state index in [9.17, 15) is 5.11 Å².